The fourth-order valence-corrected chi connectivity index (χ4v) is 2.65. The lowest BCUT2D eigenvalue weighted by atomic mass is 10.0. The fraction of sp³-hybridized carbons (Fsp3) is 0.357. The van der Waals surface area contributed by atoms with E-state index in [0.29, 0.717) is 12.2 Å². The first-order valence-corrected chi connectivity index (χ1v) is 6.41. The molecule has 1 aromatic heterocycles. The van der Waals surface area contributed by atoms with Crippen molar-refractivity contribution in [2.45, 2.75) is 32.2 Å². The zero-order valence-electron chi connectivity index (χ0n) is 10.7. The number of rotatable bonds is 2. The molecule has 0 spiro atoms. The summed E-state index contributed by atoms with van der Waals surface area (Å²) in [4.78, 5) is 11.4. The average Bonchev–Trinajstić information content (AvgIpc) is 2.82. The number of carboxylic acids is 1. The number of aryl methyl sites for hydroxylation is 2. The summed E-state index contributed by atoms with van der Waals surface area (Å²) in [5.74, 6) is 0.632. The summed E-state index contributed by atoms with van der Waals surface area (Å²) in [6.07, 6.45) is 2.28. The third kappa shape index (κ3) is 1.91. The summed E-state index contributed by atoms with van der Waals surface area (Å²) < 4.78 is 1.79. The molecular weight excluding hydrogens is 242 g/mol. The van der Waals surface area contributed by atoms with Gasteiger partial charge in [0.2, 0.25) is 0 Å². The zero-order chi connectivity index (χ0) is 13.4. The van der Waals surface area contributed by atoms with E-state index >= 15 is 0 Å². The van der Waals surface area contributed by atoms with E-state index < -0.39 is 12.0 Å². The van der Waals surface area contributed by atoms with Crippen LogP contribution in [0, 0.1) is 6.92 Å². The number of aromatic nitrogens is 3. The largest absolute Gasteiger partial charge is 0.480 e. The maximum Gasteiger partial charge on any atom is 0.326 e. The molecule has 2 heterocycles. The number of carbonyl (C=O) groups is 1. The number of aliphatic carboxylic acids is 1. The molecule has 1 aliphatic heterocycles. The van der Waals surface area contributed by atoms with Crippen LogP contribution < -0.4 is 0 Å². The van der Waals surface area contributed by atoms with Crippen molar-refractivity contribution in [3.63, 3.8) is 0 Å². The number of hydrogen-bond donors (Lipinski definition) is 1. The maximum absolute atomic E-state index is 11.4. The Bertz CT molecular complexity index is 633. The molecule has 0 bridgehead atoms. The predicted octanol–water partition coefficient (Wildman–Crippen LogP) is 2.22. The van der Waals surface area contributed by atoms with E-state index in [1.54, 1.807) is 4.57 Å². The Morgan fingerprint density at radius 2 is 2.16 bits per heavy atom. The molecule has 3 rings (SSSR count). The average molecular weight is 257 g/mol. The van der Waals surface area contributed by atoms with Gasteiger partial charge < -0.3 is 5.11 Å². The molecule has 1 N–H and O–H groups in total. The van der Waals surface area contributed by atoms with Crippen molar-refractivity contribution in [1.29, 1.82) is 0 Å². The minimum atomic E-state index is -0.810. The van der Waals surface area contributed by atoms with Crippen molar-refractivity contribution in [1.82, 2.24) is 14.8 Å². The molecule has 0 saturated heterocycles. The normalized spacial score (nSPS) is 18.1. The Labute approximate surface area is 110 Å². The first-order valence-electron chi connectivity index (χ1n) is 6.41. The molecule has 0 fully saturated rings. The van der Waals surface area contributed by atoms with Crippen LogP contribution in [0.4, 0.5) is 0 Å². The van der Waals surface area contributed by atoms with Crippen LogP contribution in [0.1, 0.15) is 30.3 Å². The lowest BCUT2D eigenvalue weighted by Crippen LogP contribution is -2.25. The molecular formula is C14H15N3O2. The van der Waals surface area contributed by atoms with Gasteiger partial charge >= 0.3 is 5.97 Å². The Hall–Kier alpha value is -2.17. The molecule has 0 radical (unpaired) electrons. The molecule has 0 amide bonds. The van der Waals surface area contributed by atoms with Gasteiger partial charge in [-0.05, 0) is 25.3 Å². The van der Waals surface area contributed by atoms with Gasteiger partial charge in [-0.25, -0.2) is 4.79 Å². The van der Waals surface area contributed by atoms with Gasteiger partial charge in [0.05, 0.1) is 0 Å². The van der Waals surface area contributed by atoms with Gasteiger partial charge in [-0.2, -0.15) is 0 Å². The standard InChI is InChI=1S/C14H15N3O2/c1-9-5-2-3-6-10(9)13-16-15-12-8-4-7-11(14(18)19)17(12)13/h2-3,5-6,11H,4,7-8H2,1H3,(H,18,19). The summed E-state index contributed by atoms with van der Waals surface area (Å²) in [6.45, 7) is 2.00. The molecule has 1 aliphatic rings. The van der Waals surface area contributed by atoms with E-state index in [1.807, 2.05) is 31.2 Å². The van der Waals surface area contributed by atoms with Crippen LogP contribution in [-0.4, -0.2) is 25.8 Å². The van der Waals surface area contributed by atoms with Crippen LogP contribution >= 0.6 is 0 Å². The fourth-order valence-electron chi connectivity index (χ4n) is 2.65. The van der Waals surface area contributed by atoms with Gasteiger partial charge in [0.15, 0.2) is 5.82 Å². The topological polar surface area (TPSA) is 68.0 Å². The second-order valence-electron chi connectivity index (χ2n) is 4.87. The van der Waals surface area contributed by atoms with Gasteiger partial charge in [-0.1, -0.05) is 24.3 Å². The van der Waals surface area contributed by atoms with Crippen LogP contribution in [0.15, 0.2) is 24.3 Å². The molecule has 0 saturated carbocycles. The van der Waals surface area contributed by atoms with Crippen LogP contribution in [-0.2, 0) is 11.2 Å². The molecule has 1 unspecified atom stereocenters. The Kier molecular flexibility index (Phi) is 2.81. The highest BCUT2D eigenvalue weighted by atomic mass is 16.4. The van der Waals surface area contributed by atoms with Gasteiger partial charge in [-0.15, -0.1) is 10.2 Å². The SMILES string of the molecule is Cc1ccccc1-c1nnc2n1C(C(=O)O)CCC2. The Morgan fingerprint density at radius 3 is 2.89 bits per heavy atom. The highest BCUT2D eigenvalue weighted by molar-refractivity contribution is 5.74. The third-order valence-electron chi connectivity index (χ3n) is 3.63. The van der Waals surface area contributed by atoms with Crippen LogP contribution in [0.5, 0.6) is 0 Å². The van der Waals surface area contributed by atoms with Gasteiger partial charge in [0.25, 0.3) is 0 Å². The molecule has 5 heteroatoms. The lowest BCUT2D eigenvalue weighted by molar-refractivity contribution is -0.141. The molecule has 19 heavy (non-hydrogen) atoms. The molecule has 1 atom stereocenters. The highest BCUT2D eigenvalue weighted by Gasteiger charge is 2.30. The molecule has 2 aromatic rings. The van der Waals surface area contributed by atoms with E-state index in [4.69, 9.17) is 0 Å². The van der Waals surface area contributed by atoms with Crippen molar-refractivity contribution in [3.8, 4) is 11.4 Å². The van der Waals surface area contributed by atoms with Crippen LogP contribution in [0.3, 0.4) is 0 Å². The van der Waals surface area contributed by atoms with E-state index in [-0.39, 0.29) is 0 Å². The van der Waals surface area contributed by atoms with Crippen molar-refractivity contribution < 1.29 is 9.90 Å². The summed E-state index contributed by atoms with van der Waals surface area (Å²) in [5, 5.41) is 17.7. The highest BCUT2D eigenvalue weighted by Crippen LogP contribution is 2.31. The minimum absolute atomic E-state index is 0.548. The van der Waals surface area contributed by atoms with E-state index in [1.165, 1.54) is 0 Å². The maximum atomic E-state index is 11.4. The number of nitrogens with zero attached hydrogens (tertiary/aromatic N) is 3. The Balaban J connectivity index is 2.17. The quantitative estimate of drug-likeness (QED) is 0.895. The molecule has 98 valence electrons. The third-order valence-corrected chi connectivity index (χ3v) is 3.63. The number of fused-ring (bicyclic) bond motifs is 1. The monoisotopic (exact) mass is 257 g/mol. The van der Waals surface area contributed by atoms with Crippen molar-refractivity contribution >= 4 is 5.97 Å². The van der Waals surface area contributed by atoms with E-state index in [2.05, 4.69) is 10.2 Å². The first-order chi connectivity index (χ1) is 9.18. The second kappa shape index (κ2) is 4.50. The van der Waals surface area contributed by atoms with Gasteiger partial charge in [0.1, 0.15) is 11.9 Å². The van der Waals surface area contributed by atoms with E-state index in [9.17, 15) is 9.90 Å². The first kappa shape index (κ1) is 11.9. The summed E-state index contributed by atoms with van der Waals surface area (Å²) in [6, 6.07) is 7.30. The predicted molar refractivity (Wildman–Crippen MR) is 69.8 cm³/mol. The Morgan fingerprint density at radius 1 is 1.37 bits per heavy atom. The van der Waals surface area contributed by atoms with Gasteiger partial charge in [-0.3, -0.25) is 4.57 Å². The van der Waals surface area contributed by atoms with Crippen LogP contribution in [0.25, 0.3) is 11.4 Å². The molecule has 1 aromatic carbocycles. The van der Waals surface area contributed by atoms with Gasteiger partial charge in [0, 0.05) is 12.0 Å². The number of benzene rings is 1. The summed E-state index contributed by atoms with van der Waals surface area (Å²) in [5.41, 5.74) is 2.03. The molecule has 5 nitrogen and oxygen atoms in total. The smallest absolute Gasteiger partial charge is 0.326 e. The van der Waals surface area contributed by atoms with E-state index in [0.717, 1.165) is 29.8 Å². The zero-order valence-corrected chi connectivity index (χ0v) is 10.7. The van der Waals surface area contributed by atoms with Crippen molar-refractivity contribution in [2.75, 3.05) is 0 Å². The van der Waals surface area contributed by atoms with Crippen molar-refractivity contribution in [3.05, 3.63) is 35.7 Å². The van der Waals surface area contributed by atoms with Crippen molar-refractivity contribution in [2.24, 2.45) is 0 Å². The summed E-state index contributed by atoms with van der Waals surface area (Å²) in [7, 11) is 0. The second-order valence-corrected chi connectivity index (χ2v) is 4.87. The summed E-state index contributed by atoms with van der Waals surface area (Å²) >= 11 is 0. The number of hydrogen-bond acceptors (Lipinski definition) is 3. The van der Waals surface area contributed by atoms with Crippen LogP contribution in [0.2, 0.25) is 0 Å². The minimum Gasteiger partial charge on any atom is -0.480 e. The lowest BCUT2D eigenvalue weighted by Gasteiger charge is -2.22. The molecule has 0 aliphatic carbocycles. The number of carboxylic acid groups (broad SMARTS) is 1.